The lowest BCUT2D eigenvalue weighted by Gasteiger charge is -2.22. The molecule has 0 bridgehead atoms. The van der Waals surface area contributed by atoms with Crippen LogP contribution in [0.4, 0.5) is 11.4 Å². The molecular formula is C26H29N3O3. The van der Waals surface area contributed by atoms with Crippen molar-refractivity contribution in [1.82, 2.24) is 4.90 Å². The number of benzene rings is 3. The number of hydrogen-bond acceptors (Lipinski definition) is 4. The molecule has 0 heterocycles. The summed E-state index contributed by atoms with van der Waals surface area (Å²) in [5.41, 5.74) is 2.63. The molecule has 0 aliphatic carbocycles. The van der Waals surface area contributed by atoms with Crippen molar-refractivity contribution in [2.45, 2.75) is 26.3 Å². The topological polar surface area (TPSA) is 70.7 Å². The van der Waals surface area contributed by atoms with Crippen LogP contribution >= 0.6 is 0 Å². The predicted molar refractivity (Wildman–Crippen MR) is 128 cm³/mol. The highest BCUT2D eigenvalue weighted by atomic mass is 16.5. The van der Waals surface area contributed by atoms with Crippen LogP contribution in [0.15, 0.2) is 78.9 Å². The van der Waals surface area contributed by atoms with E-state index in [0.29, 0.717) is 5.75 Å². The first kappa shape index (κ1) is 22.9. The highest BCUT2D eigenvalue weighted by Gasteiger charge is 2.20. The van der Waals surface area contributed by atoms with Crippen molar-refractivity contribution in [3.05, 3.63) is 84.4 Å². The van der Waals surface area contributed by atoms with E-state index in [9.17, 15) is 9.59 Å². The monoisotopic (exact) mass is 431 g/mol. The van der Waals surface area contributed by atoms with Gasteiger partial charge in [0, 0.05) is 18.4 Å². The molecule has 0 spiro atoms. The number of nitrogens with one attached hydrogen (secondary N) is 2. The Labute approximate surface area is 189 Å². The zero-order chi connectivity index (χ0) is 22.9. The van der Waals surface area contributed by atoms with Crippen LogP contribution in [0.1, 0.15) is 19.4 Å². The molecule has 1 atom stereocenters. The fourth-order valence-corrected chi connectivity index (χ4v) is 3.32. The molecule has 3 aromatic carbocycles. The normalized spacial score (nSPS) is 11.3. The van der Waals surface area contributed by atoms with Crippen molar-refractivity contribution in [3.63, 3.8) is 0 Å². The van der Waals surface area contributed by atoms with Gasteiger partial charge in [0.25, 0.3) is 0 Å². The summed E-state index contributed by atoms with van der Waals surface area (Å²) in [6.07, 6.45) is 0.821. The molecular weight excluding hydrogens is 402 g/mol. The molecule has 32 heavy (non-hydrogen) atoms. The summed E-state index contributed by atoms with van der Waals surface area (Å²) in [5.74, 6) is 1.07. The van der Waals surface area contributed by atoms with E-state index in [-0.39, 0.29) is 18.4 Å². The van der Waals surface area contributed by atoms with Gasteiger partial charge in [-0.15, -0.1) is 0 Å². The lowest BCUT2D eigenvalue weighted by atomic mass is 10.1. The Morgan fingerprint density at radius 1 is 0.906 bits per heavy atom. The van der Waals surface area contributed by atoms with Crippen LogP contribution in [0.3, 0.4) is 0 Å². The maximum absolute atomic E-state index is 12.7. The van der Waals surface area contributed by atoms with Gasteiger partial charge in [-0.05, 0) is 61.4 Å². The molecule has 6 heteroatoms. The van der Waals surface area contributed by atoms with Crippen LogP contribution in [0.25, 0.3) is 0 Å². The smallest absolute Gasteiger partial charge is 0.244 e. The number of para-hydroxylation sites is 2. The molecule has 6 nitrogen and oxygen atoms in total. The Bertz CT molecular complexity index is 1040. The quantitative estimate of drug-likeness (QED) is 0.504. The van der Waals surface area contributed by atoms with Gasteiger partial charge in [0.1, 0.15) is 17.5 Å². The van der Waals surface area contributed by atoms with Gasteiger partial charge < -0.3 is 20.3 Å². The van der Waals surface area contributed by atoms with Crippen molar-refractivity contribution in [1.29, 1.82) is 0 Å². The number of carbonyl (C=O) groups excluding carboxylic acids is 2. The summed E-state index contributed by atoms with van der Waals surface area (Å²) in [5, 5.41) is 6.07. The average molecular weight is 432 g/mol. The first-order chi connectivity index (χ1) is 15.5. The highest BCUT2D eigenvalue weighted by molar-refractivity contribution is 5.96. The standard InChI is InChI=1S/C26H29N3O3/c1-4-20-10-8-9-13-24(20)28-25(30)18-29(3)26(31)19(2)27-21-14-16-23(17-15-21)32-22-11-6-5-7-12-22/h5-17,19,27H,4,18H2,1-3H3,(H,28,30). The summed E-state index contributed by atoms with van der Waals surface area (Å²) < 4.78 is 5.79. The molecule has 0 saturated heterocycles. The summed E-state index contributed by atoms with van der Waals surface area (Å²) in [6.45, 7) is 3.79. The van der Waals surface area contributed by atoms with Crippen molar-refractivity contribution in [2.75, 3.05) is 24.2 Å². The van der Waals surface area contributed by atoms with Crippen LogP contribution in [-0.2, 0) is 16.0 Å². The van der Waals surface area contributed by atoms with E-state index >= 15 is 0 Å². The number of hydrogen-bond donors (Lipinski definition) is 2. The molecule has 166 valence electrons. The Hall–Kier alpha value is -3.80. The maximum atomic E-state index is 12.7. The highest BCUT2D eigenvalue weighted by Crippen LogP contribution is 2.23. The zero-order valence-corrected chi connectivity index (χ0v) is 18.7. The van der Waals surface area contributed by atoms with Crippen molar-refractivity contribution >= 4 is 23.2 Å². The number of amides is 2. The molecule has 3 aromatic rings. The molecule has 0 fully saturated rings. The Morgan fingerprint density at radius 2 is 1.53 bits per heavy atom. The minimum Gasteiger partial charge on any atom is -0.457 e. The van der Waals surface area contributed by atoms with E-state index in [1.54, 1.807) is 14.0 Å². The van der Waals surface area contributed by atoms with Gasteiger partial charge in [-0.2, -0.15) is 0 Å². The third kappa shape index (κ3) is 6.35. The van der Waals surface area contributed by atoms with Crippen LogP contribution < -0.4 is 15.4 Å². The first-order valence-electron chi connectivity index (χ1n) is 10.7. The first-order valence-corrected chi connectivity index (χ1v) is 10.7. The van der Waals surface area contributed by atoms with Crippen molar-refractivity contribution < 1.29 is 14.3 Å². The van der Waals surface area contributed by atoms with Crippen LogP contribution in [0.5, 0.6) is 11.5 Å². The zero-order valence-electron chi connectivity index (χ0n) is 18.7. The third-order valence-corrected chi connectivity index (χ3v) is 5.02. The average Bonchev–Trinajstić information content (AvgIpc) is 2.80. The second kappa shape index (κ2) is 11.0. The van der Waals surface area contributed by atoms with Gasteiger partial charge in [0.05, 0.1) is 6.54 Å². The Kier molecular flexibility index (Phi) is 7.86. The van der Waals surface area contributed by atoms with E-state index in [2.05, 4.69) is 10.6 Å². The van der Waals surface area contributed by atoms with E-state index in [0.717, 1.165) is 29.1 Å². The van der Waals surface area contributed by atoms with Gasteiger partial charge in [-0.1, -0.05) is 43.3 Å². The number of nitrogens with zero attached hydrogens (tertiary/aromatic N) is 1. The second-order valence-electron chi connectivity index (χ2n) is 7.56. The van der Waals surface area contributed by atoms with Crippen molar-refractivity contribution in [2.24, 2.45) is 0 Å². The van der Waals surface area contributed by atoms with Gasteiger partial charge >= 0.3 is 0 Å². The van der Waals surface area contributed by atoms with E-state index < -0.39 is 6.04 Å². The SMILES string of the molecule is CCc1ccccc1NC(=O)CN(C)C(=O)C(C)Nc1ccc(Oc2ccccc2)cc1. The van der Waals surface area contributed by atoms with Crippen molar-refractivity contribution in [3.8, 4) is 11.5 Å². The molecule has 3 rings (SSSR count). The van der Waals surface area contributed by atoms with E-state index in [1.807, 2.05) is 85.8 Å². The van der Waals surface area contributed by atoms with Gasteiger partial charge in [0.15, 0.2) is 0 Å². The fraction of sp³-hybridized carbons (Fsp3) is 0.231. The Balaban J connectivity index is 1.51. The Morgan fingerprint density at radius 3 is 2.22 bits per heavy atom. The lowest BCUT2D eigenvalue weighted by Crippen LogP contribution is -2.42. The lowest BCUT2D eigenvalue weighted by molar-refractivity contribution is -0.133. The summed E-state index contributed by atoms with van der Waals surface area (Å²) in [7, 11) is 1.63. The third-order valence-electron chi connectivity index (χ3n) is 5.02. The van der Waals surface area contributed by atoms with E-state index in [1.165, 1.54) is 4.90 Å². The molecule has 0 radical (unpaired) electrons. The van der Waals surface area contributed by atoms with E-state index in [4.69, 9.17) is 4.74 Å². The molecule has 1 unspecified atom stereocenters. The number of rotatable bonds is 9. The number of ether oxygens (including phenoxy) is 1. The fourth-order valence-electron chi connectivity index (χ4n) is 3.32. The number of likely N-dealkylation sites (N-methyl/N-ethyl adjacent to an activating group) is 1. The minimum atomic E-state index is -0.489. The van der Waals surface area contributed by atoms with Gasteiger partial charge in [0.2, 0.25) is 11.8 Å². The second-order valence-corrected chi connectivity index (χ2v) is 7.56. The maximum Gasteiger partial charge on any atom is 0.244 e. The van der Waals surface area contributed by atoms with Gasteiger partial charge in [-0.25, -0.2) is 0 Å². The summed E-state index contributed by atoms with van der Waals surface area (Å²) in [4.78, 5) is 26.6. The molecule has 2 amide bonds. The van der Waals surface area contributed by atoms with Gasteiger partial charge in [-0.3, -0.25) is 9.59 Å². The largest absolute Gasteiger partial charge is 0.457 e. The number of aryl methyl sites for hydroxylation is 1. The predicted octanol–water partition coefficient (Wildman–Crippen LogP) is 4.94. The van der Waals surface area contributed by atoms with Crippen LogP contribution in [0, 0.1) is 0 Å². The molecule has 0 aliphatic heterocycles. The molecule has 0 aromatic heterocycles. The molecule has 2 N–H and O–H groups in total. The minimum absolute atomic E-state index is 0.0211. The number of carbonyl (C=O) groups is 2. The van der Waals surface area contributed by atoms with Crippen LogP contribution in [-0.4, -0.2) is 36.3 Å². The van der Waals surface area contributed by atoms with Crippen LogP contribution in [0.2, 0.25) is 0 Å². The summed E-state index contributed by atoms with van der Waals surface area (Å²) >= 11 is 0. The number of anilines is 2. The molecule has 0 saturated carbocycles. The summed E-state index contributed by atoms with van der Waals surface area (Å²) in [6, 6.07) is 24.1. The molecule has 0 aliphatic rings.